The topological polar surface area (TPSA) is 115 Å². The minimum atomic E-state index is 0.360. The molecule has 2 aromatic heterocycles. The number of ether oxygens (including phenoxy) is 1. The van der Waals surface area contributed by atoms with Crippen LogP contribution in [0.15, 0.2) is 53.7 Å². The van der Waals surface area contributed by atoms with Crippen molar-refractivity contribution in [1.29, 1.82) is 0 Å². The van der Waals surface area contributed by atoms with Gasteiger partial charge in [0.05, 0.1) is 0 Å². The van der Waals surface area contributed by atoms with Crippen LogP contribution in [0.1, 0.15) is 5.56 Å². The van der Waals surface area contributed by atoms with Crippen LogP contribution in [-0.2, 0) is 0 Å². The van der Waals surface area contributed by atoms with Gasteiger partial charge >= 0.3 is 0 Å². The largest absolute Gasteiger partial charge is 0.439 e. The number of aryl methyl sites for hydroxylation is 1. The quantitative estimate of drug-likeness (QED) is 0.282. The van der Waals surface area contributed by atoms with Crippen LogP contribution >= 0.6 is 23.4 Å². The molecule has 4 aromatic rings. The zero-order valence-electron chi connectivity index (χ0n) is 16.2. The van der Waals surface area contributed by atoms with Crippen LogP contribution in [0.5, 0.6) is 11.6 Å². The fourth-order valence-electron chi connectivity index (χ4n) is 2.67. The molecule has 2 heterocycles. The molecule has 0 atom stereocenters. The highest BCUT2D eigenvalue weighted by atomic mass is 35.5. The number of thioether (sulfide) groups is 1. The molecule has 2 aromatic carbocycles. The van der Waals surface area contributed by atoms with Gasteiger partial charge in [-0.05, 0) is 61.2 Å². The number of nitrogens with two attached hydrogens (primary N) is 1. The fourth-order valence-corrected chi connectivity index (χ4v) is 3.17. The number of halogens is 1. The first-order valence-electron chi connectivity index (χ1n) is 8.93. The monoisotopic (exact) mass is 439 g/mol. The summed E-state index contributed by atoms with van der Waals surface area (Å²) in [6.07, 6.45) is 1.88. The summed E-state index contributed by atoms with van der Waals surface area (Å²) < 4.78 is 5.78. The van der Waals surface area contributed by atoms with Crippen LogP contribution in [0, 0.1) is 6.92 Å². The second-order valence-corrected chi connectivity index (χ2v) is 7.54. The van der Waals surface area contributed by atoms with E-state index in [9.17, 15) is 0 Å². The summed E-state index contributed by atoms with van der Waals surface area (Å²) in [5, 5.41) is 12.8. The molecule has 30 heavy (non-hydrogen) atoms. The van der Waals surface area contributed by atoms with E-state index in [1.807, 2.05) is 55.6 Å². The number of H-pyrrole nitrogens is 1. The molecular formula is C20H18ClN7OS. The molecule has 0 radical (unpaired) electrons. The second-order valence-electron chi connectivity index (χ2n) is 6.36. The number of hydrogen-bond acceptors (Lipinski definition) is 8. The maximum absolute atomic E-state index is 6.07. The summed E-state index contributed by atoms with van der Waals surface area (Å²) in [5.74, 6) is 2.54. The highest BCUT2D eigenvalue weighted by molar-refractivity contribution is 7.98. The number of benzene rings is 2. The summed E-state index contributed by atoms with van der Waals surface area (Å²) >= 11 is 7.46. The van der Waals surface area contributed by atoms with Gasteiger partial charge in [0.2, 0.25) is 11.8 Å². The van der Waals surface area contributed by atoms with Gasteiger partial charge in [0, 0.05) is 22.3 Å². The van der Waals surface area contributed by atoms with E-state index in [1.165, 1.54) is 11.8 Å². The van der Waals surface area contributed by atoms with Gasteiger partial charge in [0.25, 0.3) is 0 Å². The van der Waals surface area contributed by atoms with Crippen molar-refractivity contribution in [2.24, 2.45) is 0 Å². The van der Waals surface area contributed by atoms with Crippen molar-refractivity contribution in [1.82, 2.24) is 25.1 Å². The van der Waals surface area contributed by atoms with Crippen LogP contribution in [0.25, 0.3) is 11.4 Å². The number of nitrogen functional groups attached to an aromatic ring is 1. The zero-order chi connectivity index (χ0) is 21.1. The Morgan fingerprint density at radius 2 is 1.87 bits per heavy atom. The third-order valence-electron chi connectivity index (χ3n) is 4.14. The van der Waals surface area contributed by atoms with Crippen molar-refractivity contribution < 1.29 is 4.74 Å². The minimum Gasteiger partial charge on any atom is -0.439 e. The van der Waals surface area contributed by atoms with Crippen LogP contribution in [0.4, 0.5) is 17.5 Å². The lowest BCUT2D eigenvalue weighted by molar-refractivity contribution is 0.456. The smallest absolute Gasteiger partial charge is 0.226 e. The van der Waals surface area contributed by atoms with Gasteiger partial charge < -0.3 is 20.8 Å². The van der Waals surface area contributed by atoms with Crippen molar-refractivity contribution in [3.8, 4) is 23.0 Å². The molecule has 0 spiro atoms. The normalized spacial score (nSPS) is 10.8. The molecule has 0 aliphatic carbocycles. The minimum absolute atomic E-state index is 0.360. The van der Waals surface area contributed by atoms with Gasteiger partial charge in [-0.2, -0.15) is 4.98 Å². The van der Waals surface area contributed by atoms with Crippen molar-refractivity contribution in [3.63, 3.8) is 0 Å². The SMILES string of the molecule is CSc1nc(N)cc(Oc2ccc(-c3nnc(Nc4ccc(Cl)c(C)c4)[nH]3)cc2)n1. The molecule has 10 heteroatoms. The Kier molecular flexibility index (Phi) is 5.73. The maximum atomic E-state index is 6.07. The molecule has 0 saturated carbocycles. The molecule has 0 aliphatic rings. The first-order valence-corrected chi connectivity index (χ1v) is 10.5. The fraction of sp³-hybridized carbons (Fsp3) is 0.100. The molecule has 0 aliphatic heterocycles. The summed E-state index contributed by atoms with van der Waals surface area (Å²) in [4.78, 5) is 11.6. The molecule has 8 nitrogen and oxygen atoms in total. The van der Waals surface area contributed by atoms with Gasteiger partial charge in [-0.25, -0.2) is 4.98 Å². The van der Waals surface area contributed by atoms with Crippen molar-refractivity contribution >= 4 is 40.8 Å². The third-order valence-corrected chi connectivity index (χ3v) is 5.11. The second kappa shape index (κ2) is 8.60. The van der Waals surface area contributed by atoms with Gasteiger partial charge in [0.15, 0.2) is 11.0 Å². The van der Waals surface area contributed by atoms with E-state index in [4.69, 9.17) is 22.1 Å². The molecule has 0 unspecified atom stereocenters. The Hall–Kier alpha value is -3.30. The van der Waals surface area contributed by atoms with Gasteiger partial charge in [-0.3, -0.25) is 0 Å². The molecule has 4 N–H and O–H groups in total. The average Bonchev–Trinajstić information content (AvgIpc) is 3.19. The van der Waals surface area contributed by atoms with E-state index in [0.717, 1.165) is 21.8 Å². The predicted molar refractivity (Wildman–Crippen MR) is 120 cm³/mol. The third kappa shape index (κ3) is 4.64. The van der Waals surface area contributed by atoms with Crippen LogP contribution < -0.4 is 15.8 Å². The molecule has 0 amide bonds. The van der Waals surface area contributed by atoms with Crippen molar-refractivity contribution in [3.05, 3.63) is 59.1 Å². The van der Waals surface area contributed by atoms with Crippen molar-refractivity contribution in [2.45, 2.75) is 12.1 Å². The summed E-state index contributed by atoms with van der Waals surface area (Å²) in [6.45, 7) is 1.95. The van der Waals surface area contributed by atoms with E-state index in [0.29, 0.717) is 34.4 Å². The lowest BCUT2D eigenvalue weighted by atomic mass is 10.2. The highest BCUT2D eigenvalue weighted by Crippen LogP contribution is 2.26. The molecule has 152 valence electrons. The zero-order valence-corrected chi connectivity index (χ0v) is 17.8. The highest BCUT2D eigenvalue weighted by Gasteiger charge is 2.08. The Balaban J connectivity index is 1.47. The maximum Gasteiger partial charge on any atom is 0.226 e. The molecular weight excluding hydrogens is 422 g/mol. The lowest BCUT2D eigenvalue weighted by Gasteiger charge is -2.07. The number of aromatic nitrogens is 5. The van der Waals surface area contributed by atoms with Gasteiger partial charge in [-0.1, -0.05) is 23.4 Å². The lowest BCUT2D eigenvalue weighted by Crippen LogP contribution is -1.97. The standard InChI is InChI=1S/C20H18ClN7OS/c1-11-9-13(5-8-15(11)21)23-19-26-18(27-28-19)12-3-6-14(7-4-12)29-17-10-16(22)24-20(25-17)30-2/h3-10H,1-2H3,(H2,22,24,25)(H2,23,26,27,28). The summed E-state index contributed by atoms with van der Waals surface area (Å²) in [7, 11) is 0. The van der Waals surface area contributed by atoms with E-state index in [2.05, 4.69) is 30.5 Å². The van der Waals surface area contributed by atoms with Crippen LogP contribution in [0.3, 0.4) is 0 Å². The molecule has 4 rings (SSSR count). The van der Waals surface area contributed by atoms with E-state index in [1.54, 1.807) is 6.07 Å². The number of nitrogens with one attached hydrogen (secondary N) is 2. The van der Waals surface area contributed by atoms with Gasteiger partial charge in [0.1, 0.15) is 11.6 Å². The average molecular weight is 440 g/mol. The number of nitrogens with zero attached hydrogens (tertiary/aromatic N) is 4. The number of rotatable bonds is 6. The first-order chi connectivity index (χ1) is 14.5. The van der Waals surface area contributed by atoms with E-state index >= 15 is 0 Å². The van der Waals surface area contributed by atoms with Crippen LogP contribution in [0.2, 0.25) is 5.02 Å². The Morgan fingerprint density at radius 1 is 1.07 bits per heavy atom. The Labute approximate surface area is 182 Å². The number of hydrogen-bond donors (Lipinski definition) is 3. The van der Waals surface area contributed by atoms with Crippen LogP contribution in [-0.4, -0.2) is 31.4 Å². The first kappa shape index (κ1) is 20.0. The number of aromatic amines is 1. The Morgan fingerprint density at radius 3 is 2.60 bits per heavy atom. The van der Waals surface area contributed by atoms with E-state index in [-0.39, 0.29) is 0 Å². The summed E-state index contributed by atoms with van der Waals surface area (Å²) in [5.41, 5.74) is 8.50. The molecule has 0 saturated heterocycles. The Bertz CT molecular complexity index is 1180. The number of anilines is 3. The van der Waals surface area contributed by atoms with Crippen molar-refractivity contribution in [2.75, 3.05) is 17.3 Å². The molecule has 0 fully saturated rings. The van der Waals surface area contributed by atoms with Gasteiger partial charge in [-0.15, -0.1) is 10.2 Å². The molecule has 0 bridgehead atoms. The van der Waals surface area contributed by atoms with E-state index < -0.39 is 0 Å². The summed E-state index contributed by atoms with van der Waals surface area (Å²) in [6, 6.07) is 14.7. The predicted octanol–water partition coefficient (Wildman–Crippen LogP) is 5.06.